The highest BCUT2D eigenvalue weighted by Gasteiger charge is 1.95. The first kappa shape index (κ1) is 9.12. The first-order chi connectivity index (χ1) is 5.84. The normalized spacial score (nSPS) is 9.33. The van der Waals surface area contributed by atoms with E-state index in [4.69, 9.17) is 18.0 Å². The van der Waals surface area contributed by atoms with Gasteiger partial charge < -0.3 is 5.32 Å². The molecule has 0 aliphatic carbocycles. The van der Waals surface area contributed by atoms with Crippen molar-refractivity contribution >= 4 is 11.6 Å². The summed E-state index contributed by atoms with van der Waals surface area (Å²) in [7, 11) is 0. The molecule has 62 valence electrons. The average Bonchev–Trinajstić information content (AvgIpc) is 2.09. The van der Waals surface area contributed by atoms with Crippen molar-refractivity contribution in [2.75, 3.05) is 6.54 Å². The summed E-state index contributed by atoms with van der Waals surface area (Å²) in [6.07, 6.45) is 5.09. The number of rotatable bonds is 3. The zero-order valence-corrected chi connectivity index (χ0v) is 7.43. The second-order valence-corrected chi connectivity index (χ2v) is 2.81. The molecule has 1 nitrogen and oxygen atoms in total. The monoisotopic (exact) mass is 179 g/mol. The Balaban J connectivity index is 2.53. The first-order valence-electron chi connectivity index (χ1n) is 3.72. The van der Waals surface area contributed by atoms with Crippen LogP contribution in [0.25, 0.3) is 0 Å². The Morgan fingerprint density at radius 2 is 2.17 bits per heavy atom. The van der Waals surface area contributed by atoms with Gasteiger partial charge in [-0.15, -0.1) is 6.42 Å². The highest BCUT2D eigenvalue weighted by molar-refractivity contribution is 6.31. The molecule has 0 saturated carbocycles. The number of hydrogen-bond donors (Lipinski definition) is 1. The fraction of sp³-hybridized carbons (Fsp3) is 0.200. The minimum absolute atomic E-state index is 0.575. The molecular weight excluding hydrogens is 170 g/mol. The Morgan fingerprint density at radius 1 is 1.42 bits per heavy atom. The third kappa shape index (κ3) is 2.58. The van der Waals surface area contributed by atoms with E-state index in [0.29, 0.717) is 6.54 Å². The van der Waals surface area contributed by atoms with Crippen LogP contribution in [0.2, 0.25) is 5.02 Å². The van der Waals surface area contributed by atoms with Gasteiger partial charge in [0.25, 0.3) is 0 Å². The van der Waals surface area contributed by atoms with E-state index in [1.807, 2.05) is 24.3 Å². The van der Waals surface area contributed by atoms with Gasteiger partial charge in [0.1, 0.15) is 0 Å². The van der Waals surface area contributed by atoms with Crippen molar-refractivity contribution < 1.29 is 0 Å². The van der Waals surface area contributed by atoms with E-state index in [-0.39, 0.29) is 0 Å². The summed E-state index contributed by atoms with van der Waals surface area (Å²) < 4.78 is 0. The van der Waals surface area contributed by atoms with E-state index < -0.39 is 0 Å². The summed E-state index contributed by atoms with van der Waals surface area (Å²) in [6, 6.07) is 7.71. The molecular formula is C10H10ClN. The van der Waals surface area contributed by atoms with Gasteiger partial charge in [-0.1, -0.05) is 35.7 Å². The van der Waals surface area contributed by atoms with Crippen LogP contribution < -0.4 is 5.32 Å². The molecule has 12 heavy (non-hydrogen) atoms. The van der Waals surface area contributed by atoms with Crippen LogP contribution in [0.1, 0.15) is 5.56 Å². The molecule has 2 heteroatoms. The SMILES string of the molecule is C#CCNCc1ccccc1Cl. The molecule has 0 aliphatic heterocycles. The van der Waals surface area contributed by atoms with Crippen molar-refractivity contribution in [2.24, 2.45) is 0 Å². The molecule has 0 unspecified atom stereocenters. The van der Waals surface area contributed by atoms with E-state index in [1.165, 1.54) is 0 Å². The van der Waals surface area contributed by atoms with Crippen LogP contribution in [0, 0.1) is 12.3 Å². The lowest BCUT2D eigenvalue weighted by Gasteiger charge is -2.02. The predicted octanol–water partition coefficient (Wildman–Crippen LogP) is 2.06. The third-order valence-corrected chi connectivity index (χ3v) is 1.87. The quantitative estimate of drug-likeness (QED) is 0.554. The number of benzene rings is 1. The Hall–Kier alpha value is -0.970. The average molecular weight is 180 g/mol. The summed E-state index contributed by atoms with van der Waals surface area (Å²) >= 11 is 5.91. The van der Waals surface area contributed by atoms with Gasteiger partial charge in [-0.3, -0.25) is 0 Å². The van der Waals surface area contributed by atoms with Crippen LogP contribution in [-0.4, -0.2) is 6.54 Å². The van der Waals surface area contributed by atoms with Gasteiger partial charge in [-0.2, -0.15) is 0 Å². The predicted molar refractivity (Wildman–Crippen MR) is 52.0 cm³/mol. The number of hydrogen-bond acceptors (Lipinski definition) is 1. The molecule has 0 heterocycles. The van der Waals surface area contributed by atoms with Gasteiger partial charge in [-0.25, -0.2) is 0 Å². The third-order valence-electron chi connectivity index (χ3n) is 1.50. The molecule has 1 aromatic carbocycles. The summed E-state index contributed by atoms with van der Waals surface area (Å²) in [4.78, 5) is 0. The molecule has 0 saturated heterocycles. The topological polar surface area (TPSA) is 12.0 Å². The molecule has 0 atom stereocenters. The largest absolute Gasteiger partial charge is 0.302 e. The van der Waals surface area contributed by atoms with Crippen molar-refractivity contribution in [3.63, 3.8) is 0 Å². The minimum Gasteiger partial charge on any atom is -0.302 e. The lowest BCUT2D eigenvalue weighted by atomic mass is 10.2. The van der Waals surface area contributed by atoms with E-state index in [2.05, 4.69) is 11.2 Å². The highest BCUT2D eigenvalue weighted by atomic mass is 35.5. The Bertz CT molecular complexity index is 288. The maximum atomic E-state index is 5.91. The van der Waals surface area contributed by atoms with Gasteiger partial charge in [0.15, 0.2) is 0 Å². The standard InChI is InChI=1S/C10H10ClN/c1-2-7-12-8-9-5-3-4-6-10(9)11/h1,3-6,12H,7-8H2. The second-order valence-electron chi connectivity index (χ2n) is 2.40. The Morgan fingerprint density at radius 3 is 2.83 bits per heavy atom. The van der Waals surface area contributed by atoms with Crippen molar-refractivity contribution in [2.45, 2.75) is 6.54 Å². The van der Waals surface area contributed by atoms with Crippen LogP contribution >= 0.6 is 11.6 Å². The van der Waals surface area contributed by atoms with Crippen LogP contribution in [0.4, 0.5) is 0 Å². The molecule has 1 N–H and O–H groups in total. The van der Waals surface area contributed by atoms with E-state index in [0.717, 1.165) is 17.1 Å². The Labute approximate surface area is 77.7 Å². The second kappa shape index (κ2) is 4.82. The molecule has 0 bridgehead atoms. The molecule has 0 fully saturated rings. The maximum absolute atomic E-state index is 5.91. The molecule has 0 aliphatic rings. The molecule has 0 radical (unpaired) electrons. The van der Waals surface area contributed by atoms with Crippen LogP contribution in [0.15, 0.2) is 24.3 Å². The number of halogens is 1. The van der Waals surface area contributed by atoms with Crippen molar-refractivity contribution in [3.05, 3.63) is 34.9 Å². The van der Waals surface area contributed by atoms with E-state index in [1.54, 1.807) is 0 Å². The molecule has 1 rings (SSSR count). The van der Waals surface area contributed by atoms with Gasteiger partial charge in [0.2, 0.25) is 0 Å². The molecule has 0 aromatic heterocycles. The van der Waals surface area contributed by atoms with Crippen LogP contribution in [0.5, 0.6) is 0 Å². The summed E-state index contributed by atoms with van der Waals surface area (Å²) in [5, 5.41) is 3.85. The number of nitrogens with one attached hydrogen (secondary N) is 1. The summed E-state index contributed by atoms with van der Waals surface area (Å²) in [5.41, 5.74) is 1.08. The highest BCUT2D eigenvalue weighted by Crippen LogP contribution is 2.13. The van der Waals surface area contributed by atoms with Gasteiger partial charge in [0, 0.05) is 11.6 Å². The lowest BCUT2D eigenvalue weighted by Crippen LogP contribution is -2.13. The lowest BCUT2D eigenvalue weighted by molar-refractivity contribution is 0.770. The smallest absolute Gasteiger partial charge is 0.0576 e. The van der Waals surface area contributed by atoms with Crippen LogP contribution in [0.3, 0.4) is 0 Å². The fourth-order valence-corrected chi connectivity index (χ4v) is 1.11. The first-order valence-corrected chi connectivity index (χ1v) is 4.10. The molecule has 0 amide bonds. The zero-order valence-electron chi connectivity index (χ0n) is 6.68. The van der Waals surface area contributed by atoms with Crippen molar-refractivity contribution in [3.8, 4) is 12.3 Å². The van der Waals surface area contributed by atoms with Crippen LogP contribution in [-0.2, 0) is 6.54 Å². The summed E-state index contributed by atoms with van der Waals surface area (Å²) in [5.74, 6) is 2.50. The fourth-order valence-electron chi connectivity index (χ4n) is 0.911. The summed E-state index contributed by atoms with van der Waals surface area (Å²) in [6.45, 7) is 1.30. The molecule has 0 spiro atoms. The van der Waals surface area contributed by atoms with E-state index >= 15 is 0 Å². The number of terminal acetylenes is 1. The zero-order chi connectivity index (χ0) is 8.81. The van der Waals surface area contributed by atoms with Crippen molar-refractivity contribution in [1.82, 2.24) is 5.32 Å². The van der Waals surface area contributed by atoms with E-state index in [9.17, 15) is 0 Å². The van der Waals surface area contributed by atoms with Gasteiger partial charge in [-0.05, 0) is 11.6 Å². The van der Waals surface area contributed by atoms with Gasteiger partial charge in [0.05, 0.1) is 6.54 Å². The van der Waals surface area contributed by atoms with Crippen molar-refractivity contribution in [1.29, 1.82) is 0 Å². The Kier molecular flexibility index (Phi) is 3.66. The molecule has 1 aromatic rings. The maximum Gasteiger partial charge on any atom is 0.0576 e. The minimum atomic E-state index is 0.575. The van der Waals surface area contributed by atoms with Gasteiger partial charge >= 0.3 is 0 Å².